The summed E-state index contributed by atoms with van der Waals surface area (Å²) < 4.78 is 2.04. The standard InChI is InChI=1S/C16H25N5/c1-5-14-11-15(20-8-6-7-19(4)9-10-20)21-16(17-14)12(2)13(3)18-21/h11H,5-10H2,1-4H3. The summed E-state index contributed by atoms with van der Waals surface area (Å²) in [4.78, 5) is 9.63. The van der Waals surface area contributed by atoms with Crippen molar-refractivity contribution in [3.8, 4) is 0 Å². The van der Waals surface area contributed by atoms with E-state index in [0.717, 1.165) is 43.1 Å². The van der Waals surface area contributed by atoms with Gasteiger partial charge in [0.15, 0.2) is 5.65 Å². The fourth-order valence-corrected chi connectivity index (χ4v) is 2.94. The number of rotatable bonds is 2. The normalized spacial score (nSPS) is 17.4. The molecule has 0 atom stereocenters. The molecule has 0 amide bonds. The van der Waals surface area contributed by atoms with E-state index in [1.807, 2.05) is 4.52 Å². The minimum absolute atomic E-state index is 0.959. The second-order valence-electron chi connectivity index (χ2n) is 6.05. The maximum atomic E-state index is 4.77. The van der Waals surface area contributed by atoms with Gasteiger partial charge in [0.1, 0.15) is 5.82 Å². The molecule has 1 saturated heterocycles. The third-order valence-electron chi connectivity index (χ3n) is 4.50. The molecule has 0 aromatic carbocycles. The summed E-state index contributed by atoms with van der Waals surface area (Å²) >= 11 is 0. The molecule has 3 rings (SSSR count). The van der Waals surface area contributed by atoms with E-state index in [-0.39, 0.29) is 0 Å². The van der Waals surface area contributed by atoms with Crippen LogP contribution in [0.25, 0.3) is 5.65 Å². The molecular formula is C16H25N5. The topological polar surface area (TPSA) is 36.7 Å². The number of fused-ring (bicyclic) bond motifs is 1. The molecule has 1 fully saturated rings. The molecule has 0 aliphatic carbocycles. The van der Waals surface area contributed by atoms with Gasteiger partial charge in [0, 0.05) is 37.0 Å². The second-order valence-corrected chi connectivity index (χ2v) is 6.05. The molecule has 0 unspecified atom stereocenters. The Bertz CT molecular complexity index is 646. The Morgan fingerprint density at radius 1 is 1.14 bits per heavy atom. The van der Waals surface area contributed by atoms with E-state index in [1.165, 1.54) is 24.3 Å². The third kappa shape index (κ3) is 2.62. The molecule has 0 radical (unpaired) electrons. The highest BCUT2D eigenvalue weighted by molar-refractivity contribution is 5.57. The minimum atomic E-state index is 0.959. The van der Waals surface area contributed by atoms with Crippen molar-refractivity contribution in [2.45, 2.75) is 33.6 Å². The van der Waals surface area contributed by atoms with E-state index in [1.54, 1.807) is 0 Å². The molecule has 5 nitrogen and oxygen atoms in total. The molecule has 2 aromatic heterocycles. The quantitative estimate of drug-likeness (QED) is 0.847. The second kappa shape index (κ2) is 5.64. The van der Waals surface area contributed by atoms with E-state index in [2.05, 4.69) is 43.7 Å². The molecular weight excluding hydrogens is 262 g/mol. The minimum Gasteiger partial charge on any atom is -0.355 e. The summed E-state index contributed by atoms with van der Waals surface area (Å²) in [5.41, 5.74) is 4.43. The first-order chi connectivity index (χ1) is 10.1. The first kappa shape index (κ1) is 14.3. The highest BCUT2D eigenvalue weighted by atomic mass is 15.4. The van der Waals surface area contributed by atoms with Gasteiger partial charge in [-0.05, 0) is 40.3 Å². The van der Waals surface area contributed by atoms with Crippen molar-refractivity contribution in [3.63, 3.8) is 0 Å². The van der Waals surface area contributed by atoms with Crippen LogP contribution in [0.3, 0.4) is 0 Å². The fraction of sp³-hybridized carbons (Fsp3) is 0.625. The van der Waals surface area contributed by atoms with Crippen molar-refractivity contribution in [1.82, 2.24) is 19.5 Å². The monoisotopic (exact) mass is 287 g/mol. The number of hydrogen-bond acceptors (Lipinski definition) is 4. The number of anilines is 1. The number of likely N-dealkylation sites (N-methyl/N-ethyl adjacent to an activating group) is 1. The van der Waals surface area contributed by atoms with Crippen LogP contribution in [-0.2, 0) is 6.42 Å². The Morgan fingerprint density at radius 3 is 2.71 bits per heavy atom. The van der Waals surface area contributed by atoms with Crippen LogP contribution in [-0.4, -0.2) is 52.7 Å². The third-order valence-corrected chi connectivity index (χ3v) is 4.50. The van der Waals surface area contributed by atoms with Crippen LogP contribution in [0.15, 0.2) is 6.07 Å². The number of hydrogen-bond donors (Lipinski definition) is 0. The first-order valence-electron chi connectivity index (χ1n) is 7.89. The summed E-state index contributed by atoms with van der Waals surface area (Å²) in [5.74, 6) is 1.20. The Labute approximate surface area is 126 Å². The molecule has 1 aliphatic rings. The van der Waals surface area contributed by atoms with E-state index in [0.29, 0.717) is 0 Å². The van der Waals surface area contributed by atoms with Gasteiger partial charge in [-0.15, -0.1) is 0 Å². The van der Waals surface area contributed by atoms with Crippen molar-refractivity contribution in [3.05, 3.63) is 23.0 Å². The van der Waals surface area contributed by atoms with Crippen LogP contribution < -0.4 is 4.90 Å². The molecule has 0 N–H and O–H groups in total. The number of aryl methyl sites for hydroxylation is 3. The van der Waals surface area contributed by atoms with Crippen molar-refractivity contribution in [2.75, 3.05) is 38.1 Å². The Kier molecular flexibility index (Phi) is 3.85. The molecule has 2 aromatic rings. The van der Waals surface area contributed by atoms with Gasteiger partial charge in [-0.3, -0.25) is 0 Å². The molecule has 0 saturated carbocycles. The maximum Gasteiger partial charge on any atom is 0.160 e. The Balaban J connectivity index is 2.09. The van der Waals surface area contributed by atoms with E-state index in [9.17, 15) is 0 Å². The lowest BCUT2D eigenvalue weighted by Gasteiger charge is -2.23. The zero-order chi connectivity index (χ0) is 15.0. The molecule has 1 aliphatic heterocycles. The zero-order valence-corrected chi connectivity index (χ0v) is 13.6. The molecule has 3 heterocycles. The van der Waals surface area contributed by atoms with Gasteiger partial charge in [0.05, 0.1) is 5.69 Å². The van der Waals surface area contributed by atoms with Crippen LogP contribution in [0.5, 0.6) is 0 Å². The van der Waals surface area contributed by atoms with Crippen LogP contribution in [0.2, 0.25) is 0 Å². The lowest BCUT2D eigenvalue weighted by Crippen LogP contribution is -2.30. The zero-order valence-electron chi connectivity index (χ0n) is 13.6. The Morgan fingerprint density at radius 2 is 1.95 bits per heavy atom. The summed E-state index contributed by atoms with van der Waals surface area (Å²) in [6.45, 7) is 10.8. The maximum absolute atomic E-state index is 4.77. The van der Waals surface area contributed by atoms with Crippen LogP contribution in [0.4, 0.5) is 5.82 Å². The smallest absolute Gasteiger partial charge is 0.160 e. The van der Waals surface area contributed by atoms with Gasteiger partial charge in [0.2, 0.25) is 0 Å². The van der Waals surface area contributed by atoms with E-state index < -0.39 is 0 Å². The molecule has 0 spiro atoms. The largest absolute Gasteiger partial charge is 0.355 e. The lowest BCUT2D eigenvalue weighted by molar-refractivity contribution is 0.360. The predicted molar refractivity (Wildman–Crippen MR) is 86.2 cm³/mol. The van der Waals surface area contributed by atoms with E-state index in [4.69, 9.17) is 10.1 Å². The highest BCUT2D eigenvalue weighted by Crippen LogP contribution is 2.22. The van der Waals surface area contributed by atoms with Gasteiger partial charge in [-0.1, -0.05) is 6.92 Å². The van der Waals surface area contributed by atoms with Crippen molar-refractivity contribution in [2.24, 2.45) is 0 Å². The number of aromatic nitrogens is 3. The first-order valence-corrected chi connectivity index (χ1v) is 7.89. The van der Waals surface area contributed by atoms with Gasteiger partial charge < -0.3 is 9.80 Å². The summed E-state index contributed by atoms with van der Waals surface area (Å²) in [5, 5.41) is 4.71. The van der Waals surface area contributed by atoms with Gasteiger partial charge in [-0.25, -0.2) is 4.98 Å². The molecule has 114 valence electrons. The Hall–Kier alpha value is -1.62. The van der Waals surface area contributed by atoms with Crippen LogP contribution >= 0.6 is 0 Å². The molecule has 21 heavy (non-hydrogen) atoms. The van der Waals surface area contributed by atoms with Gasteiger partial charge in [-0.2, -0.15) is 9.61 Å². The molecule has 5 heteroatoms. The SMILES string of the molecule is CCc1cc(N2CCCN(C)CC2)n2nc(C)c(C)c2n1. The summed E-state index contributed by atoms with van der Waals surface area (Å²) in [7, 11) is 2.20. The summed E-state index contributed by atoms with van der Waals surface area (Å²) in [6, 6.07) is 2.21. The summed E-state index contributed by atoms with van der Waals surface area (Å²) in [6.07, 6.45) is 2.15. The van der Waals surface area contributed by atoms with Gasteiger partial charge >= 0.3 is 0 Å². The van der Waals surface area contributed by atoms with Crippen molar-refractivity contribution in [1.29, 1.82) is 0 Å². The lowest BCUT2D eigenvalue weighted by atomic mass is 10.2. The number of nitrogens with zero attached hydrogens (tertiary/aromatic N) is 5. The molecule has 0 bridgehead atoms. The fourth-order valence-electron chi connectivity index (χ4n) is 2.94. The highest BCUT2D eigenvalue weighted by Gasteiger charge is 2.18. The van der Waals surface area contributed by atoms with E-state index >= 15 is 0 Å². The predicted octanol–water partition coefficient (Wildman–Crippen LogP) is 2.05. The van der Waals surface area contributed by atoms with Crippen LogP contribution in [0, 0.1) is 13.8 Å². The van der Waals surface area contributed by atoms with Crippen molar-refractivity contribution < 1.29 is 0 Å². The van der Waals surface area contributed by atoms with Crippen LogP contribution in [0.1, 0.15) is 30.3 Å². The van der Waals surface area contributed by atoms with Gasteiger partial charge in [0.25, 0.3) is 0 Å². The van der Waals surface area contributed by atoms with Crippen molar-refractivity contribution >= 4 is 11.5 Å². The average molecular weight is 287 g/mol. The average Bonchev–Trinajstić information content (AvgIpc) is 2.66.